The molecule has 33 heavy (non-hydrogen) atoms. The molecule has 1 aromatic carbocycles. The van der Waals surface area contributed by atoms with Gasteiger partial charge < -0.3 is 9.64 Å². The van der Waals surface area contributed by atoms with Gasteiger partial charge in [-0.15, -0.1) is 0 Å². The molecule has 4 rings (SSSR count). The van der Waals surface area contributed by atoms with Gasteiger partial charge in [-0.25, -0.2) is 13.2 Å². The van der Waals surface area contributed by atoms with Crippen LogP contribution in [0.4, 0.5) is 16.2 Å². The van der Waals surface area contributed by atoms with Crippen molar-refractivity contribution in [1.82, 2.24) is 9.78 Å². The lowest BCUT2D eigenvalue weighted by Gasteiger charge is -2.40. The number of sulfone groups is 1. The van der Waals surface area contributed by atoms with E-state index in [1.54, 1.807) is 34.5 Å². The molecule has 1 aromatic heterocycles. The number of carbonyl (C=O) groups excluding carboxylic acids is 2. The van der Waals surface area contributed by atoms with Crippen molar-refractivity contribution in [1.29, 1.82) is 0 Å². The van der Waals surface area contributed by atoms with Crippen LogP contribution in [0.3, 0.4) is 0 Å². The average molecular weight is 475 g/mol. The third-order valence-corrected chi connectivity index (χ3v) is 7.86. The second-order valence-corrected chi connectivity index (χ2v) is 11.3. The molecule has 2 aliphatic heterocycles. The minimum Gasteiger partial charge on any atom is -0.446 e. The fourth-order valence-corrected chi connectivity index (χ4v) is 6.30. The van der Waals surface area contributed by atoms with Crippen molar-refractivity contribution in [3.8, 4) is 11.1 Å². The van der Waals surface area contributed by atoms with Crippen LogP contribution in [0.5, 0.6) is 0 Å². The number of carbonyl (C=O) groups is 2. The van der Waals surface area contributed by atoms with Crippen LogP contribution in [-0.4, -0.2) is 60.4 Å². The minimum absolute atomic E-state index is 0.0958. The number of fused-ring (bicyclic) bond motifs is 1. The lowest BCUT2D eigenvalue weighted by molar-refractivity contribution is -0.117. The quantitative estimate of drug-likeness (QED) is 0.676. The van der Waals surface area contributed by atoms with E-state index in [1.807, 2.05) is 31.3 Å². The molecule has 0 aliphatic carbocycles. The monoisotopic (exact) mass is 474 g/mol. The SMILES string of the molecule is CC(=O)N1c2ccc(-c3cnn(C4CCCS(=O)(=O)C4)c3)cc2N(C(=O)OC(C)C)C[C@@H]1C. The maximum absolute atomic E-state index is 12.8. The van der Waals surface area contributed by atoms with Gasteiger partial charge in [0.1, 0.15) is 0 Å². The van der Waals surface area contributed by atoms with Crippen LogP contribution in [0.2, 0.25) is 0 Å². The van der Waals surface area contributed by atoms with Crippen LogP contribution in [0.1, 0.15) is 46.6 Å². The molecule has 3 heterocycles. The topological polar surface area (TPSA) is 102 Å². The largest absolute Gasteiger partial charge is 0.446 e. The van der Waals surface area contributed by atoms with E-state index < -0.39 is 15.9 Å². The van der Waals surface area contributed by atoms with Crippen molar-refractivity contribution in [3.05, 3.63) is 30.6 Å². The molecule has 2 amide bonds. The van der Waals surface area contributed by atoms with Crippen molar-refractivity contribution in [3.63, 3.8) is 0 Å². The van der Waals surface area contributed by atoms with Crippen LogP contribution in [0.25, 0.3) is 11.1 Å². The summed E-state index contributed by atoms with van der Waals surface area (Å²) in [4.78, 5) is 28.4. The van der Waals surface area contributed by atoms with Gasteiger partial charge in [-0.2, -0.15) is 5.10 Å². The lowest BCUT2D eigenvalue weighted by Crippen LogP contribution is -2.51. The molecule has 0 N–H and O–H groups in total. The van der Waals surface area contributed by atoms with E-state index in [-0.39, 0.29) is 35.6 Å². The molecule has 0 spiro atoms. The van der Waals surface area contributed by atoms with Crippen molar-refractivity contribution >= 4 is 33.2 Å². The molecule has 1 fully saturated rings. The highest BCUT2D eigenvalue weighted by Gasteiger charge is 2.35. The predicted octanol–water partition coefficient (Wildman–Crippen LogP) is 3.41. The Morgan fingerprint density at radius 1 is 1.18 bits per heavy atom. The first-order valence-corrected chi connectivity index (χ1v) is 13.0. The highest BCUT2D eigenvalue weighted by molar-refractivity contribution is 7.91. The van der Waals surface area contributed by atoms with E-state index in [1.165, 1.54) is 6.92 Å². The maximum atomic E-state index is 12.8. The Labute approximate surface area is 194 Å². The molecule has 0 saturated carbocycles. The summed E-state index contributed by atoms with van der Waals surface area (Å²) >= 11 is 0. The Hall–Kier alpha value is -2.88. The first-order chi connectivity index (χ1) is 15.6. The Balaban J connectivity index is 1.70. The Kier molecular flexibility index (Phi) is 6.22. The van der Waals surface area contributed by atoms with Crippen molar-refractivity contribution < 1.29 is 22.7 Å². The van der Waals surface area contributed by atoms with Crippen LogP contribution >= 0.6 is 0 Å². The summed E-state index contributed by atoms with van der Waals surface area (Å²) in [7, 11) is -3.05. The summed E-state index contributed by atoms with van der Waals surface area (Å²) in [6, 6.07) is 5.20. The molecule has 2 aromatic rings. The average Bonchev–Trinajstić information content (AvgIpc) is 3.21. The fourth-order valence-electron chi connectivity index (χ4n) is 4.62. The summed E-state index contributed by atoms with van der Waals surface area (Å²) in [5.74, 6) is 0.230. The standard InChI is InChI=1S/C23H30N4O5S/c1-15(2)32-23(29)25-12-16(3)27(17(4)28)21-8-7-18(10-22(21)25)19-11-24-26(13-19)20-6-5-9-33(30,31)14-20/h7-8,10-11,13,15-16,20H,5-6,9,12,14H2,1-4H3/t16-,20?/m0/s1. The summed E-state index contributed by atoms with van der Waals surface area (Å²) in [5.41, 5.74) is 2.88. The number of aromatic nitrogens is 2. The summed E-state index contributed by atoms with van der Waals surface area (Å²) in [6.07, 6.45) is 4.22. The van der Waals surface area contributed by atoms with E-state index in [0.29, 0.717) is 24.3 Å². The van der Waals surface area contributed by atoms with Gasteiger partial charge in [0, 0.05) is 25.2 Å². The summed E-state index contributed by atoms with van der Waals surface area (Å²) in [6.45, 7) is 7.32. The molecule has 2 atom stereocenters. The third-order valence-electron chi connectivity index (χ3n) is 6.06. The second-order valence-electron chi connectivity index (χ2n) is 9.10. The van der Waals surface area contributed by atoms with Crippen molar-refractivity contribution in [2.24, 2.45) is 0 Å². The molecule has 0 bridgehead atoms. The van der Waals surface area contributed by atoms with Gasteiger partial charge in [-0.3, -0.25) is 14.4 Å². The summed E-state index contributed by atoms with van der Waals surface area (Å²) < 4.78 is 31.2. The van der Waals surface area contributed by atoms with Crippen molar-refractivity contribution in [2.75, 3.05) is 27.9 Å². The lowest BCUT2D eigenvalue weighted by atomic mass is 10.0. The van der Waals surface area contributed by atoms with Gasteiger partial charge in [0.2, 0.25) is 5.91 Å². The molecular weight excluding hydrogens is 444 g/mol. The molecule has 10 heteroatoms. The highest BCUT2D eigenvalue weighted by Crippen LogP contribution is 2.39. The number of rotatable bonds is 3. The highest BCUT2D eigenvalue weighted by atomic mass is 32.2. The van der Waals surface area contributed by atoms with Gasteiger partial charge in [-0.05, 0) is 51.3 Å². The van der Waals surface area contributed by atoms with E-state index in [9.17, 15) is 18.0 Å². The number of nitrogens with zero attached hydrogens (tertiary/aromatic N) is 4. The van der Waals surface area contributed by atoms with Crippen LogP contribution in [0.15, 0.2) is 30.6 Å². The van der Waals surface area contributed by atoms with E-state index in [4.69, 9.17) is 4.74 Å². The van der Waals surface area contributed by atoms with E-state index in [2.05, 4.69) is 5.10 Å². The normalized spacial score (nSPS) is 22.2. The Bertz CT molecular complexity index is 1170. The van der Waals surface area contributed by atoms with E-state index in [0.717, 1.165) is 17.5 Å². The molecule has 1 unspecified atom stereocenters. The number of benzene rings is 1. The summed E-state index contributed by atoms with van der Waals surface area (Å²) in [5, 5.41) is 4.43. The fraction of sp³-hybridized carbons (Fsp3) is 0.522. The number of anilines is 2. The second kappa shape index (κ2) is 8.81. The van der Waals surface area contributed by atoms with Crippen LogP contribution < -0.4 is 9.80 Å². The van der Waals surface area contributed by atoms with Gasteiger partial charge >= 0.3 is 6.09 Å². The first kappa shape index (κ1) is 23.3. The minimum atomic E-state index is -3.05. The predicted molar refractivity (Wildman–Crippen MR) is 126 cm³/mol. The van der Waals surface area contributed by atoms with Gasteiger partial charge in [0.25, 0.3) is 0 Å². The maximum Gasteiger partial charge on any atom is 0.414 e. The molecule has 178 valence electrons. The van der Waals surface area contributed by atoms with Crippen LogP contribution in [0, 0.1) is 0 Å². The van der Waals surface area contributed by atoms with Gasteiger partial charge in [0.15, 0.2) is 9.84 Å². The number of amides is 2. The zero-order valence-electron chi connectivity index (χ0n) is 19.4. The molecular formula is C23H30N4O5S. The first-order valence-electron chi connectivity index (χ1n) is 11.2. The number of hydrogen-bond donors (Lipinski definition) is 0. The molecule has 0 radical (unpaired) electrons. The van der Waals surface area contributed by atoms with Crippen molar-refractivity contribution in [2.45, 2.75) is 58.7 Å². The number of ether oxygens (including phenoxy) is 1. The van der Waals surface area contributed by atoms with Crippen LogP contribution in [-0.2, 0) is 19.4 Å². The molecule has 1 saturated heterocycles. The van der Waals surface area contributed by atoms with Gasteiger partial charge in [0.05, 0.1) is 47.3 Å². The molecule has 2 aliphatic rings. The zero-order chi connectivity index (χ0) is 23.9. The van der Waals surface area contributed by atoms with Gasteiger partial charge in [-0.1, -0.05) is 6.07 Å². The zero-order valence-corrected chi connectivity index (χ0v) is 20.2. The Morgan fingerprint density at radius 3 is 2.61 bits per heavy atom. The van der Waals surface area contributed by atoms with E-state index >= 15 is 0 Å². The molecule has 9 nitrogen and oxygen atoms in total. The smallest absolute Gasteiger partial charge is 0.414 e. The third kappa shape index (κ3) is 4.75. The number of hydrogen-bond acceptors (Lipinski definition) is 6. The Morgan fingerprint density at radius 2 is 1.94 bits per heavy atom.